The summed E-state index contributed by atoms with van der Waals surface area (Å²) in [6.07, 6.45) is 1.60. The van der Waals surface area contributed by atoms with E-state index >= 15 is 0 Å². The van der Waals surface area contributed by atoms with Crippen LogP contribution >= 0.6 is 0 Å². The number of ether oxygens (including phenoxy) is 1. The van der Waals surface area contributed by atoms with Crippen LogP contribution in [0.4, 0.5) is 4.79 Å². The summed E-state index contributed by atoms with van der Waals surface area (Å²) in [5.41, 5.74) is 1.72. The van der Waals surface area contributed by atoms with Crippen molar-refractivity contribution in [3.05, 3.63) is 42.3 Å². The van der Waals surface area contributed by atoms with Crippen molar-refractivity contribution in [2.75, 3.05) is 26.3 Å². The first-order valence-corrected chi connectivity index (χ1v) is 8.60. The molecule has 0 saturated carbocycles. The van der Waals surface area contributed by atoms with Gasteiger partial charge in [-0.3, -0.25) is 0 Å². The Bertz CT molecular complexity index is 757. The summed E-state index contributed by atoms with van der Waals surface area (Å²) in [5.74, 6) is 0.567. The van der Waals surface area contributed by atoms with Gasteiger partial charge in [-0.1, -0.05) is 32.0 Å². The van der Waals surface area contributed by atoms with Crippen molar-refractivity contribution in [2.24, 2.45) is 10.8 Å². The molecule has 0 unspecified atom stereocenters. The van der Waals surface area contributed by atoms with E-state index in [0.717, 1.165) is 31.9 Å². The molecular formula is C19H23N3O3. The van der Waals surface area contributed by atoms with Crippen LogP contribution in [0, 0.1) is 10.8 Å². The number of benzene rings is 1. The third kappa shape index (κ3) is 2.80. The first kappa shape index (κ1) is 16.1. The Morgan fingerprint density at radius 1 is 1.20 bits per heavy atom. The van der Waals surface area contributed by atoms with Crippen LogP contribution in [-0.4, -0.2) is 42.2 Å². The van der Waals surface area contributed by atoms with E-state index < -0.39 is 0 Å². The predicted molar refractivity (Wildman–Crippen MR) is 92.8 cm³/mol. The lowest BCUT2D eigenvalue weighted by Gasteiger charge is -2.29. The highest BCUT2D eigenvalue weighted by Crippen LogP contribution is 2.50. The Labute approximate surface area is 147 Å². The van der Waals surface area contributed by atoms with Crippen molar-refractivity contribution in [3.63, 3.8) is 0 Å². The zero-order chi connectivity index (χ0) is 17.5. The van der Waals surface area contributed by atoms with Gasteiger partial charge in [-0.25, -0.2) is 9.78 Å². The van der Waals surface area contributed by atoms with Crippen LogP contribution in [0.25, 0.3) is 11.5 Å². The number of carbonyl (C=O) groups is 1. The molecule has 6 nitrogen and oxygen atoms in total. The Kier molecular flexibility index (Phi) is 3.80. The second-order valence-corrected chi connectivity index (χ2v) is 7.64. The normalized spacial score (nSPS) is 28.2. The number of urea groups is 1. The van der Waals surface area contributed by atoms with E-state index in [1.165, 1.54) is 0 Å². The number of amides is 2. The summed E-state index contributed by atoms with van der Waals surface area (Å²) >= 11 is 0. The predicted octanol–water partition coefficient (Wildman–Crippen LogP) is 2.91. The van der Waals surface area contributed by atoms with Crippen molar-refractivity contribution in [1.29, 1.82) is 0 Å². The standard InChI is InChI=1S/C19H23N3O3/c1-18-10-22(11-19(18,2)13-24-12-18)17(23)20-8-15-9-25-16(21-15)14-6-4-3-5-7-14/h3-7,9H,8,10-13H2,1-2H3,(H,20,23)/t18-,19+. The highest BCUT2D eigenvalue weighted by atomic mass is 16.5. The Hall–Kier alpha value is -2.34. The lowest BCUT2D eigenvalue weighted by atomic mass is 9.71. The summed E-state index contributed by atoms with van der Waals surface area (Å²) in [6.45, 7) is 7.66. The molecular weight excluding hydrogens is 318 g/mol. The first-order valence-electron chi connectivity index (χ1n) is 8.60. The number of hydrogen-bond donors (Lipinski definition) is 1. The molecule has 2 saturated heterocycles. The second kappa shape index (κ2) is 5.88. The van der Waals surface area contributed by atoms with Crippen LogP contribution < -0.4 is 5.32 Å². The van der Waals surface area contributed by atoms with Crippen LogP contribution in [0.2, 0.25) is 0 Å². The molecule has 4 rings (SSSR count). The quantitative estimate of drug-likeness (QED) is 0.932. The number of hydrogen-bond acceptors (Lipinski definition) is 4. The molecule has 2 aromatic rings. The summed E-state index contributed by atoms with van der Waals surface area (Å²) in [4.78, 5) is 18.9. The van der Waals surface area contributed by atoms with Crippen LogP contribution in [0.15, 0.2) is 41.0 Å². The molecule has 3 heterocycles. The molecule has 6 heteroatoms. The average Bonchev–Trinajstić information content (AvgIpc) is 3.24. The molecule has 2 amide bonds. The molecule has 2 fully saturated rings. The molecule has 1 aromatic carbocycles. The van der Waals surface area contributed by atoms with Crippen LogP contribution in [0.5, 0.6) is 0 Å². The van der Waals surface area contributed by atoms with Crippen molar-refractivity contribution in [3.8, 4) is 11.5 Å². The average molecular weight is 341 g/mol. The van der Waals surface area contributed by atoms with E-state index in [2.05, 4.69) is 24.1 Å². The monoisotopic (exact) mass is 341 g/mol. The van der Waals surface area contributed by atoms with Gasteiger partial charge in [0.05, 0.1) is 25.5 Å². The van der Waals surface area contributed by atoms with E-state index in [-0.39, 0.29) is 16.9 Å². The van der Waals surface area contributed by atoms with Gasteiger partial charge in [0.25, 0.3) is 0 Å². The van der Waals surface area contributed by atoms with Crippen molar-refractivity contribution >= 4 is 6.03 Å². The van der Waals surface area contributed by atoms with Gasteiger partial charge in [-0.05, 0) is 12.1 Å². The van der Waals surface area contributed by atoms with Gasteiger partial charge in [0.15, 0.2) is 0 Å². The van der Waals surface area contributed by atoms with Gasteiger partial charge in [0.1, 0.15) is 6.26 Å². The molecule has 2 atom stereocenters. The van der Waals surface area contributed by atoms with E-state index in [1.807, 2.05) is 35.2 Å². The molecule has 25 heavy (non-hydrogen) atoms. The fourth-order valence-electron chi connectivity index (χ4n) is 3.74. The van der Waals surface area contributed by atoms with Gasteiger partial charge in [-0.2, -0.15) is 0 Å². The van der Waals surface area contributed by atoms with E-state index in [1.54, 1.807) is 6.26 Å². The fourth-order valence-corrected chi connectivity index (χ4v) is 3.74. The lowest BCUT2D eigenvalue weighted by molar-refractivity contribution is 0.133. The van der Waals surface area contributed by atoms with Crippen LogP contribution in [0.3, 0.4) is 0 Å². The summed E-state index contributed by atoms with van der Waals surface area (Å²) < 4.78 is 11.1. The molecule has 132 valence electrons. The van der Waals surface area contributed by atoms with Crippen molar-refractivity contribution < 1.29 is 13.9 Å². The molecule has 1 N–H and O–H groups in total. The number of likely N-dealkylation sites (tertiary alicyclic amines) is 1. The Morgan fingerprint density at radius 2 is 1.88 bits per heavy atom. The number of nitrogens with zero attached hydrogens (tertiary/aromatic N) is 2. The van der Waals surface area contributed by atoms with E-state index in [9.17, 15) is 4.79 Å². The number of nitrogens with one attached hydrogen (secondary N) is 1. The van der Waals surface area contributed by atoms with Gasteiger partial charge in [-0.15, -0.1) is 0 Å². The molecule has 0 aliphatic carbocycles. The van der Waals surface area contributed by atoms with Gasteiger partial charge >= 0.3 is 6.03 Å². The highest BCUT2D eigenvalue weighted by molar-refractivity contribution is 5.74. The van der Waals surface area contributed by atoms with E-state index in [0.29, 0.717) is 18.1 Å². The number of carbonyl (C=O) groups excluding carboxylic acids is 1. The molecule has 0 radical (unpaired) electrons. The van der Waals surface area contributed by atoms with Crippen molar-refractivity contribution in [2.45, 2.75) is 20.4 Å². The number of rotatable bonds is 3. The zero-order valence-electron chi connectivity index (χ0n) is 14.6. The molecule has 0 bridgehead atoms. The van der Waals surface area contributed by atoms with Crippen LogP contribution in [0.1, 0.15) is 19.5 Å². The van der Waals surface area contributed by atoms with Gasteiger partial charge < -0.3 is 19.4 Å². The molecule has 0 spiro atoms. The van der Waals surface area contributed by atoms with Gasteiger partial charge in [0.2, 0.25) is 5.89 Å². The Morgan fingerprint density at radius 3 is 2.56 bits per heavy atom. The number of oxazole rings is 1. The number of fused-ring (bicyclic) bond motifs is 1. The minimum Gasteiger partial charge on any atom is -0.444 e. The smallest absolute Gasteiger partial charge is 0.317 e. The number of aromatic nitrogens is 1. The summed E-state index contributed by atoms with van der Waals surface area (Å²) in [5, 5.41) is 2.95. The molecule has 1 aromatic heterocycles. The zero-order valence-corrected chi connectivity index (χ0v) is 14.6. The van der Waals surface area contributed by atoms with Gasteiger partial charge in [0, 0.05) is 29.5 Å². The molecule has 2 aliphatic rings. The second-order valence-electron chi connectivity index (χ2n) is 7.64. The largest absolute Gasteiger partial charge is 0.444 e. The molecule has 2 aliphatic heterocycles. The Balaban J connectivity index is 1.36. The first-order chi connectivity index (χ1) is 12.0. The topological polar surface area (TPSA) is 67.6 Å². The third-order valence-electron chi connectivity index (χ3n) is 5.66. The van der Waals surface area contributed by atoms with E-state index in [4.69, 9.17) is 9.15 Å². The summed E-state index contributed by atoms with van der Waals surface area (Å²) in [7, 11) is 0. The summed E-state index contributed by atoms with van der Waals surface area (Å²) in [6, 6.07) is 9.67. The minimum absolute atomic E-state index is 0.0404. The highest BCUT2D eigenvalue weighted by Gasteiger charge is 2.56. The SMILES string of the molecule is C[C@@]12COC[C@]1(C)CN(C(=O)NCc1coc(-c3ccccc3)n1)C2. The van der Waals surface area contributed by atoms with Crippen LogP contribution in [-0.2, 0) is 11.3 Å². The maximum Gasteiger partial charge on any atom is 0.317 e. The maximum atomic E-state index is 12.5. The van der Waals surface area contributed by atoms with Crippen molar-refractivity contribution in [1.82, 2.24) is 15.2 Å². The lowest BCUT2D eigenvalue weighted by Crippen LogP contribution is -2.40. The third-order valence-corrected chi connectivity index (χ3v) is 5.66. The fraction of sp³-hybridized carbons (Fsp3) is 0.474. The minimum atomic E-state index is -0.0545. The maximum absolute atomic E-state index is 12.5.